The van der Waals surface area contributed by atoms with Crippen LogP contribution in [-0.4, -0.2) is 65.2 Å². The van der Waals surface area contributed by atoms with Crippen molar-refractivity contribution < 1.29 is 28.7 Å². The zero-order valence-electron chi connectivity index (χ0n) is 19.2. The smallest absolute Gasteiger partial charge is 0.324 e. The first-order valence-corrected chi connectivity index (χ1v) is 11.5. The summed E-state index contributed by atoms with van der Waals surface area (Å²) in [6, 6.07) is 4.69. The van der Waals surface area contributed by atoms with Crippen LogP contribution in [0, 0.1) is 11.7 Å². The van der Waals surface area contributed by atoms with E-state index in [1.807, 2.05) is 13.8 Å². The van der Waals surface area contributed by atoms with Gasteiger partial charge in [0.25, 0.3) is 5.91 Å². The number of nitrogens with zero attached hydrogens (tertiary/aromatic N) is 3. The van der Waals surface area contributed by atoms with Gasteiger partial charge in [0, 0.05) is 31.6 Å². The molecule has 1 atom stereocenters. The van der Waals surface area contributed by atoms with Gasteiger partial charge in [-0.15, -0.1) is 0 Å². The minimum atomic E-state index is -1.08. The van der Waals surface area contributed by atoms with Crippen molar-refractivity contribution >= 4 is 11.9 Å². The highest BCUT2D eigenvalue weighted by Gasteiger charge is 2.23. The molecule has 33 heavy (non-hydrogen) atoms. The largest absolute Gasteiger partial charge is 0.493 e. The maximum atomic E-state index is 14.3. The Morgan fingerprint density at radius 1 is 1.36 bits per heavy atom. The average molecular weight is 465 g/mol. The highest BCUT2D eigenvalue weighted by atomic mass is 19.1. The minimum absolute atomic E-state index is 0.138. The van der Waals surface area contributed by atoms with Crippen LogP contribution in [-0.2, 0) is 0 Å². The van der Waals surface area contributed by atoms with Crippen LogP contribution in [0.1, 0.15) is 61.6 Å². The molecule has 2 heterocycles. The van der Waals surface area contributed by atoms with Crippen molar-refractivity contribution in [2.45, 2.75) is 51.6 Å². The molecule has 0 radical (unpaired) electrons. The maximum absolute atomic E-state index is 14.3. The van der Waals surface area contributed by atoms with Crippen LogP contribution in [0.15, 0.2) is 22.7 Å². The molecule has 1 aliphatic heterocycles. The number of aromatic nitrogens is 2. The number of amides is 1. The molecule has 1 saturated heterocycles. The molecule has 10 heteroatoms. The van der Waals surface area contributed by atoms with E-state index in [2.05, 4.69) is 20.4 Å². The fraction of sp³-hybridized carbons (Fsp3) is 0.609. The van der Waals surface area contributed by atoms with E-state index < -0.39 is 24.4 Å². The Labute approximate surface area is 192 Å². The predicted molar refractivity (Wildman–Crippen MR) is 120 cm³/mol. The molecule has 2 aromatic rings. The lowest BCUT2D eigenvalue weighted by Crippen LogP contribution is -2.34. The lowest BCUT2D eigenvalue weighted by Gasteiger charge is -2.30. The molecule has 3 N–H and O–H groups in total. The molecular weight excluding hydrogens is 431 g/mol. The molecule has 0 bridgehead atoms. The lowest BCUT2D eigenvalue weighted by molar-refractivity contribution is 0.0799. The van der Waals surface area contributed by atoms with Crippen molar-refractivity contribution in [2.24, 2.45) is 5.92 Å². The molecule has 182 valence electrons. The van der Waals surface area contributed by atoms with Crippen LogP contribution in [0.2, 0.25) is 0 Å². The lowest BCUT2D eigenvalue weighted by atomic mass is 9.92. The number of anilines is 1. The van der Waals surface area contributed by atoms with E-state index >= 15 is 0 Å². The molecule has 1 amide bonds. The van der Waals surface area contributed by atoms with E-state index in [1.165, 1.54) is 12.1 Å². The molecule has 1 fully saturated rings. The van der Waals surface area contributed by atoms with Gasteiger partial charge in [0.1, 0.15) is 11.6 Å². The van der Waals surface area contributed by atoms with Gasteiger partial charge in [-0.1, -0.05) is 19.0 Å². The third-order valence-corrected chi connectivity index (χ3v) is 5.75. The van der Waals surface area contributed by atoms with Crippen LogP contribution >= 0.6 is 0 Å². The molecule has 1 aromatic carbocycles. The van der Waals surface area contributed by atoms with Crippen molar-refractivity contribution in [2.75, 3.05) is 37.7 Å². The summed E-state index contributed by atoms with van der Waals surface area (Å²) in [6.07, 6.45) is 2.88. The molecule has 0 aliphatic carbocycles. The number of piperidine rings is 1. The first-order chi connectivity index (χ1) is 15.9. The van der Waals surface area contributed by atoms with Crippen molar-refractivity contribution in [1.29, 1.82) is 0 Å². The molecule has 1 aliphatic rings. The minimum Gasteiger partial charge on any atom is -0.493 e. The molecule has 1 aromatic heterocycles. The normalized spacial score (nSPS) is 15.6. The first kappa shape index (κ1) is 24.9. The summed E-state index contributed by atoms with van der Waals surface area (Å²) in [5, 5.41) is 24.4. The summed E-state index contributed by atoms with van der Waals surface area (Å²) in [4.78, 5) is 18.6. The summed E-state index contributed by atoms with van der Waals surface area (Å²) in [5.41, 5.74) is -0.138. The van der Waals surface area contributed by atoms with Gasteiger partial charge in [-0.2, -0.15) is 4.98 Å². The summed E-state index contributed by atoms with van der Waals surface area (Å²) in [7, 11) is 0. The van der Waals surface area contributed by atoms with Crippen molar-refractivity contribution in [3.63, 3.8) is 0 Å². The fourth-order valence-corrected chi connectivity index (χ4v) is 3.70. The van der Waals surface area contributed by atoms with Gasteiger partial charge in [0.15, 0.2) is 5.82 Å². The number of carbonyl (C=O) groups is 1. The fourth-order valence-electron chi connectivity index (χ4n) is 3.70. The van der Waals surface area contributed by atoms with E-state index in [4.69, 9.17) is 14.4 Å². The predicted octanol–water partition coefficient (Wildman–Crippen LogP) is 2.49. The van der Waals surface area contributed by atoms with E-state index in [9.17, 15) is 14.3 Å². The van der Waals surface area contributed by atoms with Crippen molar-refractivity contribution in [3.8, 4) is 5.75 Å². The number of aliphatic hydroxyl groups excluding tert-OH is 2. The van der Waals surface area contributed by atoms with E-state index in [1.54, 1.807) is 6.07 Å². The molecule has 9 nitrogen and oxygen atoms in total. The number of rotatable bonds is 11. The Balaban J connectivity index is 1.36. The van der Waals surface area contributed by atoms with Crippen LogP contribution in [0.5, 0.6) is 5.75 Å². The summed E-state index contributed by atoms with van der Waals surface area (Å²) >= 11 is 0. The number of benzene rings is 1. The Morgan fingerprint density at radius 2 is 2.12 bits per heavy atom. The Hall–Kier alpha value is -2.72. The summed E-state index contributed by atoms with van der Waals surface area (Å²) in [5.74, 6) is 0.583. The van der Waals surface area contributed by atoms with E-state index in [0.29, 0.717) is 24.3 Å². The SMILES string of the molecule is CC(C)c1noc(N2CCC(CCCOc3ccc(C(=O)NCC(O)CO)c(F)c3)CC2)n1. The van der Waals surface area contributed by atoms with Gasteiger partial charge in [-0.3, -0.25) is 4.79 Å². The second-order valence-corrected chi connectivity index (χ2v) is 8.70. The Bertz CT molecular complexity index is 899. The second kappa shape index (κ2) is 11.9. The highest BCUT2D eigenvalue weighted by molar-refractivity contribution is 5.94. The molecule has 3 rings (SSSR count). The monoisotopic (exact) mass is 464 g/mol. The maximum Gasteiger partial charge on any atom is 0.324 e. The number of carbonyl (C=O) groups excluding carboxylic acids is 1. The molecule has 1 unspecified atom stereocenters. The molecular formula is C23H33FN4O5. The average Bonchev–Trinajstić information content (AvgIpc) is 3.31. The van der Waals surface area contributed by atoms with Crippen LogP contribution in [0.3, 0.4) is 0 Å². The van der Waals surface area contributed by atoms with Gasteiger partial charge in [0.05, 0.1) is 24.9 Å². The third kappa shape index (κ3) is 7.13. The van der Waals surface area contributed by atoms with Gasteiger partial charge in [-0.05, 0) is 43.7 Å². The highest BCUT2D eigenvalue weighted by Crippen LogP contribution is 2.26. The number of hydrogen-bond acceptors (Lipinski definition) is 8. The number of hydrogen-bond donors (Lipinski definition) is 3. The Kier molecular flexibility index (Phi) is 9.02. The standard InChI is InChI=1S/C23H33FN4O5/c1-15(2)21-26-23(33-27-21)28-9-7-16(8-10-28)4-3-11-32-18-5-6-19(20(24)12-18)22(31)25-13-17(30)14-29/h5-6,12,15-17,29-30H,3-4,7-11,13-14H2,1-2H3,(H,25,31). The van der Waals surface area contributed by atoms with E-state index in [0.717, 1.165) is 44.6 Å². The van der Waals surface area contributed by atoms with Crippen LogP contribution in [0.4, 0.5) is 10.4 Å². The topological polar surface area (TPSA) is 121 Å². The zero-order chi connectivity index (χ0) is 23.8. The van der Waals surface area contributed by atoms with Gasteiger partial charge < -0.3 is 29.7 Å². The number of nitrogens with one attached hydrogen (secondary N) is 1. The Morgan fingerprint density at radius 3 is 2.76 bits per heavy atom. The molecule has 0 spiro atoms. The summed E-state index contributed by atoms with van der Waals surface area (Å²) < 4.78 is 25.3. The van der Waals surface area contributed by atoms with Crippen molar-refractivity contribution in [1.82, 2.24) is 15.5 Å². The third-order valence-electron chi connectivity index (χ3n) is 5.75. The van der Waals surface area contributed by atoms with Gasteiger partial charge in [-0.25, -0.2) is 4.39 Å². The van der Waals surface area contributed by atoms with Crippen LogP contribution < -0.4 is 15.0 Å². The van der Waals surface area contributed by atoms with E-state index in [-0.39, 0.29) is 18.0 Å². The van der Waals surface area contributed by atoms with Gasteiger partial charge in [0.2, 0.25) is 0 Å². The molecule has 0 saturated carbocycles. The number of ether oxygens (including phenoxy) is 1. The first-order valence-electron chi connectivity index (χ1n) is 11.5. The number of aliphatic hydroxyl groups is 2. The van der Waals surface area contributed by atoms with Crippen LogP contribution in [0.25, 0.3) is 0 Å². The quantitative estimate of drug-likeness (QED) is 0.434. The second-order valence-electron chi connectivity index (χ2n) is 8.70. The number of halogens is 1. The van der Waals surface area contributed by atoms with Gasteiger partial charge >= 0.3 is 6.01 Å². The zero-order valence-corrected chi connectivity index (χ0v) is 19.2. The van der Waals surface area contributed by atoms with Crippen molar-refractivity contribution in [3.05, 3.63) is 35.4 Å². The summed E-state index contributed by atoms with van der Waals surface area (Å²) in [6.45, 7) is 5.68.